The van der Waals surface area contributed by atoms with Gasteiger partial charge in [-0.15, -0.1) is 0 Å². The van der Waals surface area contributed by atoms with E-state index in [1.807, 2.05) is 13.8 Å². The standard InChI is InChI=1S/C9H19NO3/c1-4-12-8-6-7(9(8)11-3)10-13-5-2/h7-10H,4-6H2,1-3H3. The van der Waals surface area contributed by atoms with Gasteiger partial charge < -0.3 is 14.3 Å². The highest BCUT2D eigenvalue weighted by Gasteiger charge is 2.42. The lowest BCUT2D eigenvalue weighted by Gasteiger charge is -2.42. The van der Waals surface area contributed by atoms with Crippen LogP contribution in [0.5, 0.6) is 0 Å². The van der Waals surface area contributed by atoms with Crippen molar-refractivity contribution in [3.05, 3.63) is 0 Å². The molecule has 13 heavy (non-hydrogen) atoms. The van der Waals surface area contributed by atoms with Crippen LogP contribution < -0.4 is 5.48 Å². The summed E-state index contributed by atoms with van der Waals surface area (Å²) in [5, 5.41) is 0. The van der Waals surface area contributed by atoms with E-state index in [0.29, 0.717) is 6.61 Å². The van der Waals surface area contributed by atoms with Crippen LogP contribution in [-0.4, -0.2) is 38.6 Å². The van der Waals surface area contributed by atoms with Gasteiger partial charge in [-0.3, -0.25) is 0 Å². The minimum absolute atomic E-state index is 0.131. The van der Waals surface area contributed by atoms with Crippen molar-refractivity contribution in [1.82, 2.24) is 5.48 Å². The van der Waals surface area contributed by atoms with E-state index in [2.05, 4.69) is 5.48 Å². The maximum absolute atomic E-state index is 5.47. The predicted molar refractivity (Wildman–Crippen MR) is 49.4 cm³/mol. The lowest BCUT2D eigenvalue weighted by Crippen LogP contribution is -2.59. The molecule has 0 aromatic rings. The molecule has 0 aliphatic heterocycles. The van der Waals surface area contributed by atoms with Crippen molar-refractivity contribution in [2.24, 2.45) is 0 Å². The van der Waals surface area contributed by atoms with Crippen LogP contribution in [0.4, 0.5) is 0 Å². The summed E-state index contributed by atoms with van der Waals surface area (Å²) in [5.41, 5.74) is 2.95. The molecule has 0 spiro atoms. The van der Waals surface area contributed by atoms with Crippen LogP contribution in [-0.2, 0) is 14.3 Å². The van der Waals surface area contributed by atoms with E-state index in [1.165, 1.54) is 0 Å². The lowest BCUT2D eigenvalue weighted by atomic mass is 9.86. The predicted octanol–water partition coefficient (Wildman–Crippen LogP) is 0.720. The zero-order valence-corrected chi connectivity index (χ0v) is 8.58. The largest absolute Gasteiger partial charge is 0.377 e. The Morgan fingerprint density at radius 3 is 2.62 bits per heavy atom. The van der Waals surface area contributed by atoms with E-state index in [-0.39, 0.29) is 18.2 Å². The van der Waals surface area contributed by atoms with Crippen molar-refractivity contribution in [3.8, 4) is 0 Å². The minimum atomic E-state index is 0.131. The van der Waals surface area contributed by atoms with Crippen molar-refractivity contribution >= 4 is 0 Å². The second-order valence-corrected chi connectivity index (χ2v) is 3.09. The Labute approximate surface area is 79.5 Å². The van der Waals surface area contributed by atoms with Gasteiger partial charge in [0.05, 0.1) is 18.8 Å². The second kappa shape index (κ2) is 5.54. The summed E-state index contributed by atoms with van der Waals surface area (Å²) in [6.45, 7) is 5.36. The number of hydroxylamine groups is 1. The van der Waals surface area contributed by atoms with E-state index in [0.717, 1.165) is 13.0 Å². The highest BCUT2D eigenvalue weighted by atomic mass is 16.6. The Balaban J connectivity index is 2.21. The fourth-order valence-corrected chi connectivity index (χ4v) is 1.58. The van der Waals surface area contributed by atoms with E-state index in [9.17, 15) is 0 Å². The summed E-state index contributed by atoms with van der Waals surface area (Å²) in [4.78, 5) is 5.11. The van der Waals surface area contributed by atoms with E-state index in [1.54, 1.807) is 7.11 Å². The molecular weight excluding hydrogens is 170 g/mol. The Hall–Kier alpha value is -0.160. The third-order valence-electron chi connectivity index (χ3n) is 2.28. The van der Waals surface area contributed by atoms with Gasteiger partial charge in [0.2, 0.25) is 0 Å². The lowest BCUT2D eigenvalue weighted by molar-refractivity contribution is -0.162. The van der Waals surface area contributed by atoms with Crippen molar-refractivity contribution in [3.63, 3.8) is 0 Å². The van der Waals surface area contributed by atoms with E-state index >= 15 is 0 Å². The maximum Gasteiger partial charge on any atom is 0.101 e. The molecule has 1 N–H and O–H groups in total. The average molecular weight is 189 g/mol. The summed E-state index contributed by atoms with van der Waals surface area (Å²) >= 11 is 0. The first-order valence-corrected chi connectivity index (χ1v) is 4.85. The first-order valence-electron chi connectivity index (χ1n) is 4.85. The third kappa shape index (κ3) is 2.64. The molecule has 1 aliphatic rings. The van der Waals surface area contributed by atoms with Crippen molar-refractivity contribution < 1.29 is 14.3 Å². The monoisotopic (exact) mass is 189 g/mol. The molecule has 0 aromatic carbocycles. The molecule has 78 valence electrons. The molecule has 0 bridgehead atoms. The quantitative estimate of drug-likeness (QED) is 0.625. The summed E-state index contributed by atoms with van der Waals surface area (Å²) in [6, 6.07) is 0.279. The van der Waals surface area contributed by atoms with Gasteiger partial charge in [-0.25, -0.2) is 0 Å². The van der Waals surface area contributed by atoms with Crippen LogP contribution in [0.2, 0.25) is 0 Å². The maximum atomic E-state index is 5.47. The molecule has 0 heterocycles. The number of nitrogens with one attached hydrogen (secondary N) is 1. The summed E-state index contributed by atoms with van der Waals surface area (Å²) in [6.07, 6.45) is 1.33. The summed E-state index contributed by atoms with van der Waals surface area (Å²) < 4.78 is 10.8. The van der Waals surface area contributed by atoms with Gasteiger partial charge in [-0.05, 0) is 20.3 Å². The van der Waals surface area contributed by atoms with Gasteiger partial charge in [-0.2, -0.15) is 5.48 Å². The first kappa shape index (κ1) is 10.9. The van der Waals surface area contributed by atoms with Crippen molar-refractivity contribution in [2.45, 2.75) is 38.5 Å². The number of methoxy groups -OCH3 is 1. The molecule has 3 unspecified atom stereocenters. The molecule has 0 amide bonds. The molecule has 0 saturated heterocycles. The number of hydrogen-bond donors (Lipinski definition) is 1. The number of ether oxygens (including phenoxy) is 2. The van der Waals surface area contributed by atoms with Gasteiger partial charge in [-0.1, -0.05) is 0 Å². The fraction of sp³-hybridized carbons (Fsp3) is 1.00. The van der Waals surface area contributed by atoms with Gasteiger partial charge >= 0.3 is 0 Å². The van der Waals surface area contributed by atoms with Crippen LogP contribution in [0.15, 0.2) is 0 Å². The highest BCUT2D eigenvalue weighted by molar-refractivity contribution is 4.95. The number of rotatable bonds is 6. The second-order valence-electron chi connectivity index (χ2n) is 3.09. The van der Waals surface area contributed by atoms with Crippen LogP contribution in [0.25, 0.3) is 0 Å². The van der Waals surface area contributed by atoms with E-state index < -0.39 is 0 Å². The zero-order chi connectivity index (χ0) is 9.68. The molecule has 1 saturated carbocycles. The molecule has 0 radical (unpaired) electrons. The molecule has 1 fully saturated rings. The minimum Gasteiger partial charge on any atom is -0.377 e. The molecule has 3 atom stereocenters. The van der Waals surface area contributed by atoms with Crippen LogP contribution >= 0.6 is 0 Å². The molecule has 1 rings (SSSR count). The molecule has 1 aliphatic carbocycles. The Kier molecular flexibility index (Phi) is 4.66. The Morgan fingerprint density at radius 2 is 2.08 bits per heavy atom. The molecular formula is C9H19NO3. The van der Waals surface area contributed by atoms with Gasteiger partial charge in [0, 0.05) is 13.7 Å². The van der Waals surface area contributed by atoms with Gasteiger partial charge in [0.1, 0.15) is 6.10 Å². The Bertz CT molecular complexity index is 143. The van der Waals surface area contributed by atoms with Crippen molar-refractivity contribution in [2.75, 3.05) is 20.3 Å². The zero-order valence-electron chi connectivity index (χ0n) is 8.58. The van der Waals surface area contributed by atoms with E-state index in [4.69, 9.17) is 14.3 Å². The van der Waals surface area contributed by atoms with Crippen LogP contribution in [0.1, 0.15) is 20.3 Å². The summed E-state index contributed by atoms with van der Waals surface area (Å²) in [7, 11) is 1.70. The molecule has 0 aromatic heterocycles. The van der Waals surface area contributed by atoms with Gasteiger partial charge in [0.15, 0.2) is 0 Å². The fourth-order valence-electron chi connectivity index (χ4n) is 1.58. The van der Waals surface area contributed by atoms with Gasteiger partial charge in [0.25, 0.3) is 0 Å². The molecule has 4 heteroatoms. The number of hydrogen-bond acceptors (Lipinski definition) is 4. The normalized spacial score (nSPS) is 33.0. The highest BCUT2D eigenvalue weighted by Crippen LogP contribution is 2.26. The first-order chi connectivity index (χ1) is 6.33. The smallest absolute Gasteiger partial charge is 0.101 e. The van der Waals surface area contributed by atoms with Crippen LogP contribution in [0, 0.1) is 0 Å². The Morgan fingerprint density at radius 1 is 1.31 bits per heavy atom. The molecule has 4 nitrogen and oxygen atoms in total. The third-order valence-corrected chi connectivity index (χ3v) is 2.28. The summed E-state index contributed by atoms with van der Waals surface area (Å²) in [5.74, 6) is 0. The topological polar surface area (TPSA) is 39.7 Å². The average Bonchev–Trinajstić information content (AvgIpc) is 2.10. The van der Waals surface area contributed by atoms with Crippen molar-refractivity contribution in [1.29, 1.82) is 0 Å². The van der Waals surface area contributed by atoms with Crippen LogP contribution in [0.3, 0.4) is 0 Å². The SMILES string of the molecule is CCONC1CC(OCC)C1OC.